The van der Waals surface area contributed by atoms with Crippen LogP contribution in [0.4, 0.5) is 0 Å². The first-order valence-electron chi connectivity index (χ1n) is 10.0. The van der Waals surface area contributed by atoms with Crippen molar-refractivity contribution in [3.63, 3.8) is 0 Å². The molecule has 25 heavy (non-hydrogen) atoms. The molecule has 0 unspecified atom stereocenters. The highest BCUT2D eigenvalue weighted by atomic mass is 16.5. The number of benzene rings is 1. The number of rotatable bonds is 4. The average Bonchev–Trinajstić information content (AvgIpc) is 3.46. The second-order valence-electron chi connectivity index (χ2n) is 8.17. The Morgan fingerprint density at radius 2 is 1.84 bits per heavy atom. The minimum Gasteiger partial charge on any atom is -0.385 e. The van der Waals surface area contributed by atoms with E-state index in [1.165, 1.54) is 57.3 Å². The van der Waals surface area contributed by atoms with Gasteiger partial charge in [-0.25, -0.2) is 0 Å². The summed E-state index contributed by atoms with van der Waals surface area (Å²) in [5, 5.41) is 10.8. The Morgan fingerprint density at radius 3 is 2.56 bits per heavy atom. The Balaban J connectivity index is 1.38. The Bertz CT molecular complexity index is 597. The van der Waals surface area contributed by atoms with E-state index >= 15 is 0 Å². The third-order valence-electron chi connectivity index (χ3n) is 6.07. The molecule has 2 saturated heterocycles. The molecule has 3 fully saturated rings. The van der Waals surface area contributed by atoms with Crippen molar-refractivity contribution in [2.24, 2.45) is 5.92 Å². The van der Waals surface area contributed by atoms with E-state index in [1.807, 2.05) is 0 Å². The molecule has 0 radical (unpaired) electrons. The Hall–Kier alpha value is -1.16. The molecule has 3 aliphatic rings. The predicted molar refractivity (Wildman–Crippen MR) is 101 cm³/mol. The molecule has 2 heterocycles. The number of ether oxygens (including phenoxy) is 1. The number of nitrogens with zero attached hydrogens (tertiary/aromatic N) is 1. The quantitative estimate of drug-likeness (QED) is 0.900. The van der Waals surface area contributed by atoms with Crippen LogP contribution in [0.5, 0.6) is 0 Å². The van der Waals surface area contributed by atoms with Crippen LogP contribution in [0.15, 0.2) is 29.8 Å². The first-order chi connectivity index (χ1) is 12.2. The maximum atomic E-state index is 10.8. The Kier molecular flexibility index (Phi) is 5.25. The first-order valence-corrected chi connectivity index (χ1v) is 10.0. The van der Waals surface area contributed by atoms with Gasteiger partial charge in [0.1, 0.15) is 0 Å². The summed E-state index contributed by atoms with van der Waals surface area (Å²) in [5.41, 5.74) is 3.19. The van der Waals surface area contributed by atoms with Crippen molar-refractivity contribution in [2.45, 2.75) is 50.5 Å². The summed E-state index contributed by atoms with van der Waals surface area (Å²) in [5.74, 6) is 0.995. The van der Waals surface area contributed by atoms with Crippen LogP contribution in [0.25, 0.3) is 6.08 Å². The maximum Gasteiger partial charge on any atom is 0.0940 e. The van der Waals surface area contributed by atoms with E-state index in [9.17, 15) is 5.11 Å². The lowest BCUT2D eigenvalue weighted by Gasteiger charge is -2.32. The SMILES string of the molecule is OC1(c2ccc(/C=C3/CCCN(CC4CC4)CC3)cc2)CCOCC1. The number of hydrogen-bond donors (Lipinski definition) is 1. The molecular weight excluding hydrogens is 310 g/mol. The van der Waals surface area contributed by atoms with Gasteiger partial charge in [-0.2, -0.15) is 0 Å². The second-order valence-corrected chi connectivity index (χ2v) is 8.17. The molecule has 0 atom stereocenters. The van der Waals surface area contributed by atoms with Gasteiger partial charge in [-0.1, -0.05) is 35.9 Å². The van der Waals surface area contributed by atoms with Crippen molar-refractivity contribution in [2.75, 3.05) is 32.8 Å². The summed E-state index contributed by atoms with van der Waals surface area (Å²) < 4.78 is 5.39. The summed E-state index contributed by atoms with van der Waals surface area (Å²) >= 11 is 0. The van der Waals surface area contributed by atoms with E-state index in [-0.39, 0.29) is 0 Å². The fourth-order valence-electron chi connectivity index (χ4n) is 4.18. The van der Waals surface area contributed by atoms with Gasteiger partial charge < -0.3 is 14.7 Å². The van der Waals surface area contributed by atoms with Gasteiger partial charge in [0.15, 0.2) is 0 Å². The van der Waals surface area contributed by atoms with Gasteiger partial charge in [0, 0.05) is 39.1 Å². The number of aliphatic hydroxyl groups is 1. The Morgan fingerprint density at radius 1 is 1.08 bits per heavy atom. The minimum atomic E-state index is -0.699. The lowest BCUT2D eigenvalue weighted by molar-refractivity contribution is -0.0679. The van der Waals surface area contributed by atoms with E-state index < -0.39 is 5.60 Å². The van der Waals surface area contributed by atoms with Crippen LogP contribution in [0.3, 0.4) is 0 Å². The molecule has 1 aromatic carbocycles. The maximum absolute atomic E-state index is 10.8. The molecule has 136 valence electrons. The van der Waals surface area contributed by atoms with Gasteiger partial charge in [-0.3, -0.25) is 0 Å². The summed E-state index contributed by atoms with van der Waals surface area (Å²) in [6.07, 6.45) is 10.4. The van der Waals surface area contributed by atoms with Gasteiger partial charge in [0.2, 0.25) is 0 Å². The highest BCUT2D eigenvalue weighted by Gasteiger charge is 2.31. The molecule has 0 bridgehead atoms. The molecule has 3 heteroatoms. The van der Waals surface area contributed by atoms with E-state index in [0.717, 1.165) is 11.5 Å². The molecular formula is C22H31NO2. The largest absolute Gasteiger partial charge is 0.385 e. The number of likely N-dealkylation sites (tertiary alicyclic amines) is 1. The zero-order valence-corrected chi connectivity index (χ0v) is 15.3. The van der Waals surface area contributed by atoms with Crippen molar-refractivity contribution in [3.05, 3.63) is 41.0 Å². The van der Waals surface area contributed by atoms with Crippen molar-refractivity contribution in [3.8, 4) is 0 Å². The van der Waals surface area contributed by atoms with Gasteiger partial charge in [-0.15, -0.1) is 0 Å². The summed E-state index contributed by atoms with van der Waals surface area (Å²) in [6, 6.07) is 8.55. The third-order valence-corrected chi connectivity index (χ3v) is 6.07. The molecule has 4 rings (SSSR count). The Labute approximate surface area is 151 Å². The molecule has 1 aromatic rings. The van der Waals surface area contributed by atoms with Crippen LogP contribution < -0.4 is 0 Å². The standard InChI is InChI=1S/C22H31NO2/c24-22(10-14-25-15-11-22)21-7-5-19(6-8-21)16-18-2-1-12-23(13-9-18)17-20-3-4-20/h5-8,16,20,24H,1-4,9-15,17H2/b18-16-. The van der Waals surface area contributed by atoms with Crippen LogP contribution in [0, 0.1) is 5.92 Å². The van der Waals surface area contributed by atoms with Gasteiger partial charge >= 0.3 is 0 Å². The molecule has 1 aliphatic carbocycles. The smallest absolute Gasteiger partial charge is 0.0940 e. The lowest BCUT2D eigenvalue weighted by atomic mass is 9.86. The highest BCUT2D eigenvalue weighted by Crippen LogP contribution is 2.33. The zero-order valence-electron chi connectivity index (χ0n) is 15.3. The lowest BCUT2D eigenvalue weighted by Crippen LogP contribution is -2.33. The molecule has 1 saturated carbocycles. The first kappa shape index (κ1) is 17.3. The summed E-state index contributed by atoms with van der Waals surface area (Å²) in [7, 11) is 0. The normalized spacial score (nSPS) is 26.5. The van der Waals surface area contributed by atoms with Crippen molar-refractivity contribution >= 4 is 6.08 Å². The van der Waals surface area contributed by atoms with Crippen molar-refractivity contribution in [1.82, 2.24) is 4.90 Å². The summed E-state index contributed by atoms with van der Waals surface area (Å²) in [4.78, 5) is 2.67. The van der Waals surface area contributed by atoms with E-state index in [2.05, 4.69) is 35.2 Å². The minimum absolute atomic E-state index is 0.652. The molecule has 0 spiro atoms. The molecule has 0 aromatic heterocycles. The number of hydrogen-bond acceptors (Lipinski definition) is 3. The highest BCUT2D eigenvalue weighted by molar-refractivity contribution is 5.53. The van der Waals surface area contributed by atoms with E-state index in [4.69, 9.17) is 4.74 Å². The topological polar surface area (TPSA) is 32.7 Å². The van der Waals surface area contributed by atoms with Gasteiger partial charge in [0.25, 0.3) is 0 Å². The average molecular weight is 341 g/mol. The second kappa shape index (κ2) is 7.61. The van der Waals surface area contributed by atoms with E-state index in [1.54, 1.807) is 5.57 Å². The van der Waals surface area contributed by atoms with Gasteiger partial charge in [-0.05, 0) is 55.7 Å². The van der Waals surface area contributed by atoms with E-state index in [0.29, 0.717) is 26.1 Å². The summed E-state index contributed by atoms with van der Waals surface area (Å²) in [6.45, 7) is 5.12. The fraction of sp³-hybridized carbons (Fsp3) is 0.636. The molecule has 0 amide bonds. The van der Waals surface area contributed by atoms with Crippen molar-refractivity contribution < 1.29 is 9.84 Å². The van der Waals surface area contributed by atoms with Crippen LogP contribution >= 0.6 is 0 Å². The third kappa shape index (κ3) is 4.52. The van der Waals surface area contributed by atoms with Crippen LogP contribution in [-0.2, 0) is 10.3 Å². The van der Waals surface area contributed by atoms with Crippen LogP contribution in [-0.4, -0.2) is 42.9 Å². The molecule has 2 aliphatic heterocycles. The van der Waals surface area contributed by atoms with Crippen LogP contribution in [0.1, 0.15) is 56.1 Å². The van der Waals surface area contributed by atoms with Crippen LogP contribution in [0.2, 0.25) is 0 Å². The fourth-order valence-corrected chi connectivity index (χ4v) is 4.18. The molecule has 3 nitrogen and oxygen atoms in total. The zero-order chi connectivity index (χ0) is 17.1. The van der Waals surface area contributed by atoms with Gasteiger partial charge in [0.05, 0.1) is 5.60 Å². The molecule has 1 N–H and O–H groups in total. The van der Waals surface area contributed by atoms with Crippen molar-refractivity contribution in [1.29, 1.82) is 0 Å². The predicted octanol–water partition coefficient (Wildman–Crippen LogP) is 3.96. The monoisotopic (exact) mass is 341 g/mol.